The van der Waals surface area contributed by atoms with Gasteiger partial charge in [-0.05, 0) is 18.1 Å². The highest BCUT2D eigenvalue weighted by molar-refractivity contribution is 5.63. The van der Waals surface area contributed by atoms with Crippen LogP contribution < -0.4 is 10.5 Å². The maximum absolute atomic E-state index is 6.08. The summed E-state index contributed by atoms with van der Waals surface area (Å²) in [4.78, 5) is 4.38. The number of methoxy groups -OCH3 is 1. The Bertz CT molecular complexity index is 539. The van der Waals surface area contributed by atoms with E-state index in [9.17, 15) is 0 Å². The molecule has 2 rings (SSSR count). The van der Waals surface area contributed by atoms with Crippen LogP contribution in [0.4, 0.5) is 0 Å². The van der Waals surface area contributed by atoms with E-state index in [1.807, 2.05) is 24.3 Å². The van der Waals surface area contributed by atoms with E-state index in [0.29, 0.717) is 23.4 Å². The molecule has 0 saturated heterocycles. The maximum atomic E-state index is 6.08. The van der Waals surface area contributed by atoms with Crippen LogP contribution in [0.2, 0.25) is 0 Å². The van der Waals surface area contributed by atoms with Crippen LogP contribution in [0.25, 0.3) is 11.4 Å². The summed E-state index contributed by atoms with van der Waals surface area (Å²) in [5.74, 6) is 1.99. The molecule has 102 valence electrons. The van der Waals surface area contributed by atoms with Gasteiger partial charge in [0.2, 0.25) is 11.7 Å². The molecule has 2 atom stereocenters. The zero-order valence-corrected chi connectivity index (χ0v) is 11.5. The Balaban J connectivity index is 2.30. The van der Waals surface area contributed by atoms with Gasteiger partial charge in [-0.3, -0.25) is 0 Å². The minimum Gasteiger partial charge on any atom is -0.496 e. The second-order valence-corrected chi connectivity index (χ2v) is 4.57. The first kappa shape index (κ1) is 13.5. The van der Waals surface area contributed by atoms with E-state index in [4.69, 9.17) is 15.0 Å². The van der Waals surface area contributed by atoms with Gasteiger partial charge in [-0.15, -0.1) is 0 Å². The van der Waals surface area contributed by atoms with Gasteiger partial charge < -0.3 is 15.0 Å². The first-order chi connectivity index (χ1) is 9.17. The monoisotopic (exact) mass is 261 g/mol. The van der Waals surface area contributed by atoms with Crippen molar-refractivity contribution in [1.82, 2.24) is 10.1 Å². The summed E-state index contributed by atoms with van der Waals surface area (Å²) in [6, 6.07) is 7.32. The lowest BCUT2D eigenvalue weighted by atomic mass is 10.0. The Morgan fingerprint density at radius 3 is 2.79 bits per heavy atom. The third-order valence-electron chi connectivity index (χ3n) is 3.33. The van der Waals surface area contributed by atoms with Gasteiger partial charge in [0.15, 0.2) is 0 Å². The Labute approximate surface area is 112 Å². The highest BCUT2D eigenvalue weighted by Gasteiger charge is 2.21. The van der Waals surface area contributed by atoms with Crippen LogP contribution in [0.15, 0.2) is 28.8 Å². The van der Waals surface area contributed by atoms with E-state index >= 15 is 0 Å². The average molecular weight is 261 g/mol. The van der Waals surface area contributed by atoms with Crippen molar-refractivity contribution in [2.24, 2.45) is 11.7 Å². The summed E-state index contributed by atoms with van der Waals surface area (Å²) >= 11 is 0. The van der Waals surface area contributed by atoms with Crippen molar-refractivity contribution >= 4 is 0 Å². The summed E-state index contributed by atoms with van der Waals surface area (Å²) in [6.45, 7) is 4.15. The molecule has 19 heavy (non-hydrogen) atoms. The molecule has 2 unspecified atom stereocenters. The third-order valence-corrected chi connectivity index (χ3v) is 3.33. The zero-order valence-electron chi connectivity index (χ0n) is 11.5. The zero-order chi connectivity index (χ0) is 13.8. The van der Waals surface area contributed by atoms with Crippen LogP contribution in [0.5, 0.6) is 5.75 Å². The number of aromatic nitrogens is 2. The highest BCUT2D eigenvalue weighted by atomic mass is 16.5. The molecule has 0 aliphatic carbocycles. The number of rotatable bonds is 5. The van der Waals surface area contributed by atoms with Crippen molar-refractivity contribution in [3.05, 3.63) is 30.2 Å². The van der Waals surface area contributed by atoms with Crippen LogP contribution in [0.1, 0.15) is 32.2 Å². The molecule has 0 aliphatic heterocycles. The molecule has 5 nitrogen and oxygen atoms in total. The van der Waals surface area contributed by atoms with Crippen molar-refractivity contribution in [3.8, 4) is 17.1 Å². The number of ether oxygens (including phenoxy) is 1. The lowest BCUT2D eigenvalue weighted by Gasteiger charge is -2.13. The van der Waals surface area contributed by atoms with E-state index in [2.05, 4.69) is 24.0 Å². The van der Waals surface area contributed by atoms with Crippen LogP contribution in [0, 0.1) is 5.92 Å². The fourth-order valence-corrected chi connectivity index (χ4v) is 1.81. The lowest BCUT2D eigenvalue weighted by Crippen LogP contribution is -2.18. The minimum absolute atomic E-state index is 0.235. The van der Waals surface area contributed by atoms with Gasteiger partial charge >= 0.3 is 0 Å². The van der Waals surface area contributed by atoms with Crippen LogP contribution in [-0.4, -0.2) is 17.3 Å². The largest absolute Gasteiger partial charge is 0.496 e. The number of nitrogens with zero attached hydrogens (tertiary/aromatic N) is 2. The SMILES string of the molecule is CCC(C)C(N)c1nc(-c2ccccc2OC)no1. The van der Waals surface area contributed by atoms with E-state index < -0.39 is 0 Å². The molecule has 0 fully saturated rings. The van der Waals surface area contributed by atoms with Crippen molar-refractivity contribution in [2.75, 3.05) is 7.11 Å². The molecule has 0 saturated carbocycles. The molecule has 1 heterocycles. The van der Waals surface area contributed by atoms with Crippen molar-refractivity contribution in [2.45, 2.75) is 26.3 Å². The fourth-order valence-electron chi connectivity index (χ4n) is 1.81. The molecule has 0 bridgehead atoms. The summed E-state index contributed by atoms with van der Waals surface area (Å²) in [6.07, 6.45) is 0.966. The molecular weight excluding hydrogens is 242 g/mol. The predicted octanol–water partition coefficient (Wildman–Crippen LogP) is 2.79. The topological polar surface area (TPSA) is 74.2 Å². The molecule has 2 aromatic rings. The van der Waals surface area contributed by atoms with E-state index in [-0.39, 0.29) is 6.04 Å². The third kappa shape index (κ3) is 2.76. The van der Waals surface area contributed by atoms with Gasteiger partial charge in [-0.25, -0.2) is 0 Å². The molecule has 5 heteroatoms. The van der Waals surface area contributed by atoms with Crippen molar-refractivity contribution in [1.29, 1.82) is 0 Å². The van der Waals surface area contributed by atoms with Crippen LogP contribution >= 0.6 is 0 Å². The Morgan fingerprint density at radius 2 is 2.11 bits per heavy atom. The first-order valence-corrected chi connectivity index (χ1v) is 6.40. The van der Waals surface area contributed by atoms with Gasteiger partial charge in [0.1, 0.15) is 5.75 Å². The molecule has 0 spiro atoms. The smallest absolute Gasteiger partial charge is 0.244 e. The molecule has 1 aromatic carbocycles. The number of benzene rings is 1. The van der Waals surface area contributed by atoms with E-state index in [1.54, 1.807) is 7.11 Å². The Morgan fingerprint density at radius 1 is 1.37 bits per heavy atom. The highest BCUT2D eigenvalue weighted by Crippen LogP contribution is 2.29. The second-order valence-electron chi connectivity index (χ2n) is 4.57. The minimum atomic E-state index is -0.235. The molecular formula is C14H19N3O2. The maximum Gasteiger partial charge on any atom is 0.244 e. The fraction of sp³-hybridized carbons (Fsp3) is 0.429. The van der Waals surface area contributed by atoms with E-state index in [0.717, 1.165) is 12.0 Å². The number of hydrogen-bond donors (Lipinski definition) is 1. The summed E-state index contributed by atoms with van der Waals surface area (Å²) in [5.41, 5.74) is 6.89. The van der Waals surface area contributed by atoms with Crippen LogP contribution in [-0.2, 0) is 0 Å². The molecule has 0 aliphatic rings. The molecule has 0 radical (unpaired) electrons. The molecule has 1 aromatic heterocycles. The summed E-state index contributed by atoms with van der Waals surface area (Å²) in [5, 5.41) is 3.99. The number of hydrogen-bond acceptors (Lipinski definition) is 5. The standard InChI is InChI=1S/C14H19N3O2/c1-4-9(2)12(15)14-16-13(17-19-14)10-7-5-6-8-11(10)18-3/h5-9,12H,4,15H2,1-3H3. The first-order valence-electron chi connectivity index (χ1n) is 6.40. The summed E-state index contributed by atoms with van der Waals surface area (Å²) in [7, 11) is 1.62. The second kappa shape index (κ2) is 5.84. The van der Waals surface area contributed by atoms with Crippen LogP contribution in [0.3, 0.4) is 0 Å². The molecule has 2 N–H and O–H groups in total. The lowest BCUT2D eigenvalue weighted by molar-refractivity contribution is 0.312. The van der Waals surface area contributed by atoms with Gasteiger partial charge in [0.05, 0.1) is 18.7 Å². The molecule has 0 amide bonds. The Kier molecular flexibility index (Phi) is 4.16. The van der Waals surface area contributed by atoms with E-state index in [1.165, 1.54) is 0 Å². The number of para-hydroxylation sites is 1. The summed E-state index contributed by atoms with van der Waals surface area (Å²) < 4.78 is 10.5. The predicted molar refractivity (Wildman–Crippen MR) is 72.7 cm³/mol. The van der Waals surface area contributed by atoms with Gasteiger partial charge in [-0.1, -0.05) is 37.6 Å². The van der Waals surface area contributed by atoms with Crippen molar-refractivity contribution < 1.29 is 9.26 Å². The normalized spacial score (nSPS) is 14.1. The van der Waals surface area contributed by atoms with Gasteiger partial charge in [-0.2, -0.15) is 4.98 Å². The van der Waals surface area contributed by atoms with Crippen molar-refractivity contribution in [3.63, 3.8) is 0 Å². The van der Waals surface area contributed by atoms with Gasteiger partial charge in [0, 0.05) is 0 Å². The average Bonchev–Trinajstić information content (AvgIpc) is 2.95. The Hall–Kier alpha value is -1.88. The number of nitrogens with two attached hydrogens (primary N) is 1. The quantitative estimate of drug-likeness (QED) is 0.895. The van der Waals surface area contributed by atoms with Gasteiger partial charge in [0.25, 0.3) is 0 Å².